The Morgan fingerprint density at radius 2 is 2.05 bits per heavy atom. The number of rotatable bonds is 7. The minimum Gasteiger partial charge on any atom is -0.481 e. The van der Waals surface area contributed by atoms with Crippen LogP contribution in [0, 0.1) is 0 Å². The minimum atomic E-state index is -0.909. The molecule has 20 heavy (non-hydrogen) atoms. The lowest BCUT2D eigenvalue weighted by Gasteiger charge is -2.27. The van der Waals surface area contributed by atoms with Crippen molar-refractivity contribution in [1.29, 1.82) is 0 Å². The van der Waals surface area contributed by atoms with Gasteiger partial charge in [-0.3, -0.25) is 9.59 Å². The Labute approximate surface area is 128 Å². The van der Waals surface area contributed by atoms with E-state index in [1.807, 2.05) is 32.0 Å². The SMILES string of the molecule is CC(C)N(Cc1cccc(Cl)c1)C(=O)CSCC(=O)O. The summed E-state index contributed by atoms with van der Waals surface area (Å²) >= 11 is 7.05. The zero-order valence-electron chi connectivity index (χ0n) is 11.5. The highest BCUT2D eigenvalue weighted by Gasteiger charge is 2.17. The lowest BCUT2D eigenvalue weighted by molar-refractivity contribution is -0.133. The van der Waals surface area contributed by atoms with Gasteiger partial charge in [0.25, 0.3) is 0 Å². The van der Waals surface area contributed by atoms with Crippen molar-refractivity contribution < 1.29 is 14.7 Å². The summed E-state index contributed by atoms with van der Waals surface area (Å²) in [5.41, 5.74) is 0.961. The van der Waals surface area contributed by atoms with Crippen LogP contribution in [0.5, 0.6) is 0 Å². The summed E-state index contributed by atoms with van der Waals surface area (Å²) in [4.78, 5) is 24.3. The molecule has 0 saturated heterocycles. The van der Waals surface area contributed by atoms with Gasteiger partial charge in [-0.05, 0) is 31.5 Å². The van der Waals surface area contributed by atoms with Crippen LogP contribution in [0.2, 0.25) is 5.02 Å². The molecule has 0 aliphatic rings. The molecule has 0 aliphatic carbocycles. The van der Waals surface area contributed by atoms with E-state index in [4.69, 9.17) is 16.7 Å². The first-order valence-electron chi connectivity index (χ1n) is 6.23. The molecule has 1 aromatic rings. The molecule has 4 nitrogen and oxygen atoms in total. The molecule has 0 radical (unpaired) electrons. The molecule has 0 saturated carbocycles. The van der Waals surface area contributed by atoms with Crippen LogP contribution in [-0.4, -0.2) is 39.4 Å². The molecule has 0 aromatic heterocycles. The van der Waals surface area contributed by atoms with Crippen LogP contribution in [0.4, 0.5) is 0 Å². The lowest BCUT2D eigenvalue weighted by Crippen LogP contribution is -2.37. The number of thioether (sulfide) groups is 1. The molecular formula is C14H18ClNO3S. The number of amides is 1. The van der Waals surface area contributed by atoms with Gasteiger partial charge in [-0.1, -0.05) is 23.7 Å². The van der Waals surface area contributed by atoms with Gasteiger partial charge in [0.1, 0.15) is 0 Å². The fraction of sp³-hybridized carbons (Fsp3) is 0.429. The number of hydrogen-bond acceptors (Lipinski definition) is 3. The van der Waals surface area contributed by atoms with E-state index in [1.165, 1.54) is 0 Å². The first kappa shape index (κ1) is 16.9. The number of nitrogens with zero attached hydrogens (tertiary/aromatic N) is 1. The van der Waals surface area contributed by atoms with E-state index in [-0.39, 0.29) is 23.5 Å². The van der Waals surface area contributed by atoms with Gasteiger partial charge in [-0.25, -0.2) is 0 Å². The Kier molecular flexibility index (Phi) is 6.88. The molecule has 1 aromatic carbocycles. The van der Waals surface area contributed by atoms with Gasteiger partial charge < -0.3 is 10.0 Å². The van der Waals surface area contributed by atoms with Crippen molar-refractivity contribution in [2.75, 3.05) is 11.5 Å². The molecule has 0 atom stereocenters. The van der Waals surface area contributed by atoms with E-state index in [9.17, 15) is 9.59 Å². The molecule has 0 spiro atoms. The van der Waals surface area contributed by atoms with Crippen LogP contribution in [0.15, 0.2) is 24.3 Å². The lowest BCUT2D eigenvalue weighted by atomic mass is 10.2. The van der Waals surface area contributed by atoms with Crippen molar-refractivity contribution >= 4 is 35.2 Å². The minimum absolute atomic E-state index is 0.0481. The number of benzene rings is 1. The highest BCUT2D eigenvalue weighted by molar-refractivity contribution is 8.00. The van der Waals surface area contributed by atoms with Crippen LogP contribution in [0.1, 0.15) is 19.4 Å². The number of carboxylic acids is 1. The predicted molar refractivity (Wildman–Crippen MR) is 82.1 cm³/mol. The number of carbonyl (C=O) groups excluding carboxylic acids is 1. The second-order valence-electron chi connectivity index (χ2n) is 4.63. The van der Waals surface area contributed by atoms with Crippen molar-refractivity contribution in [2.45, 2.75) is 26.4 Å². The molecule has 1 N–H and O–H groups in total. The summed E-state index contributed by atoms with van der Waals surface area (Å²) < 4.78 is 0. The summed E-state index contributed by atoms with van der Waals surface area (Å²) in [6, 6.07) is 7.43. The monoisotopic (exact) mass is 315 g/mol. The summed E-state index contributed by atoms with van der Waals surface area (Å²) in [6.45, 7) is 4.35. The summed E-state index contributed by atoms with van der Waals surface area (Å²) in [7, 11) is 0. The molecule has 6 heteroatoms. The van der Waals surface area contributed by atoms with E-state index in [0.717, 1.165) is 17.3 Å². The van der Waals surface area contributed by atoms with E-state index < -0.39 is 5.97 Å². The van der Waals surface area contributed by atoms with Crippen molar-refractivity contribution in [3.05, 3.63) is 34.9 Å². The maximum absolute atomic E-state index is 12.1. The Hall–Kier alpha value is -1.20. The molecule has 0 heterocycles. The van der Waals surface area contributed by atoms with Gasteiger partial charge in [0.2, 0.25) is 5.91 Å². The predicted octanol–water partition coefficient (Wildman–Crippen LogP) is 2.89. The molecule has 0 fully saturated rings. The Morgan fingerprint density at radius 3 is 2.60 bits per heavy atom. The number of aliphatic carboxylic acids is 1. The third-order valence-electron chi connectivity index (χ3n) is 2.64. The third kappa shape index (κ3) is 5.84. The van der Waals surface area contributed by atoms with E-state index in [2.05, 4.69) is 0 Å². The van der Waals surface area contributed by atoms with Crippen molar-refractivity contribution in [1.82, 2.24) is 4.90 Å². The zero-order valence-corrected chi connectivity index (χ0v) is 13.1. The third-order valence-corrected chi connectivity index (χ3v) is 3.77. The molecule has 1 amide bonds. The average Bonchev–Trinajstić information content (AvgIpc) is 2.35. The molecule has 1 rings (SSSR count). The van der Waals surface area contributed by atoms with E-state index >= 15 is 0 Å². The van der Waals surface area contributed by atoms with Gasteiger partial charge in [-0.15, -0.1) is 11.8 Å². The standard InChI is InChI=1S/C14H18ClNO3S/c1-10(2)16(13(17)8-20-9-14(18)19)7-11-4-3-5-12(15)6-11/h3-6,10H,7-9H2,1-2H3,(H,18,19). The van der Waals surface area contributed by atoms with Crippen LogP contribution < -0.4 is 0 Å². The van der Waals surface area contributed by atoms with Gasteiger partial charge in [0.15, 0.2) is 0 Å². The molecule has 0 aliphatic heterocycles. The van der Waals surface area contributed by atoms with Gasteiger partial charge in [0.05, 0.1) is 11.5 Å². The van der Waals surface area contributed by atoms with Crippen LogP contribution in [0.25, 0.3) is 0 Å². The van der Waals surface area contributed by atoms with Gasteiger partial charge >= 0.3 is 5.97 Å². The molecule has 0 unspecified atom stereocenters. The summed E-state index contributed by atoms with van der Waals surface area (Å²) in [6.07, 6.45) is 0. The quantitative estimate of drug-likeness (QED) is 0.840. The van der Waals surface area contributed by atoms with Crippen LogP contribution in [0.3, 0.4) is 0 Å². The molecular weight excluding hydrogens is 298 g/mol. The first-order valence-corrected chi connectivity index (χ1v) is 7.77. The number of halogens is 1. The maximum Gasteiger partial charge on any atom is 0.313 e. The first-order chi connectivity index (χ1) is 9.40. The zero-order chi connectivity index (χ0) is 15.1. The molecule has 110 valence electrons. The second-order valence-corrected chi connectivity index (χ2v) is 6.05. The van der Waals surface area contributed by atoms with Crippen molar-refractivity contribution in [3.63, 3.8) is 0 Å². The Balaban J connectivity index is 2.64. The highest BCUT2D eigenvalue weighted by Crippen LogP contribution is 2.15. The van der Waals surface area contributed by atoms with Crippen molar-refractivity contribution in [2.24, 2.45) is 0 Å². The second kappa shape index (κ2) is 8.17. The normalized spacial score (nSPS) is 10.6. The van der Waals surface area contributed by atoms with Crippen LogP contribution >= 0.6 is 23.4 Å². The summed E-state index contributed by atoms with van der Waals surface area (Å²) in [5.74, 6) is -0.861. The maximum atomic E-state index is 12.1. The largest absolute Gasteiger partial charge is 0.481 e. The van der Waals surface area contributed by atoms with Crippen molar-refractivity contribution in [3.8, 4) is 0 Å². The fourth-order valence-electron chi connectivity index (χ4n) is 1.70. The van der Waals surface area contributed by atoms with E-state index in [0.29, 0.717) is 11.6 Å². The average molecular weight is 316 g/mol. The fourth-order valence-corrected chi connectivity index (χ4v) is 2.53. The number of carboxylic acid groups (broad SMARTS) is 1. The highest BCUT2D eigenvalue weighted by atomic mass is 35.5. The summed E-state index contributed by atoms with van der Waals surface area (Å²) in [5, 5.41) is 9.22. The smallest absolute Gasteiger partial charge is 0.313 e. The number of carbonyl (C=O) groups is 2. The number of hydrogen-bond donors (Lipinski definition) is 1. The van der Waals surface area contributed by atoms with E-state index in [1.54, 1.807) is 11.0 Å². The molecule has 0 bridgehead atoms. The topological polar surface area (TPSA) is 57.6 Å². The van der Waals surface area contributed by atoms with Gasteiger partial charge in [-0.2, -0.15) is 0 Å². The Bertz CT molecular complexity index is 479. The van der Waals surface area contributed by atoms with Gasteiger partial charge in [0, 0.05) is 17.6 Å². The Morgan fingerprint density at radius 1 is 1.35 bits per heavy atom. The van der Waals surface area contributed by atoms with Crippen LogP contribution in [-0.2, 0) is 16.1 Å².